The monoisotopic (exact) mass is 1470 g/mol. The SMILES string of the molecule is C#CCC(NC(=O)[C@H](C)NC(=O)[C@H](CCCCN)NC(=O)[C@H](C)NC(=O)[C@H](C)NC(=O)[C@H](C)NC(=O)[C@H](CCCCN)NC(=O)[C@H](C)NC(=O)[C@H](C)NC(=O)[C@H](CCCCN)NC(=O)[C@H](C)NC(=O)[C@H](C)NC(=O)[C@H](C)NC(=O)[C@H](CCCCN)NC(=O)[C@H](C)NC(=O)C(CC#C)NC(C)=O)C(N)=O. The maximum atomic E-state index is 13.7. The van der Waals surface area contributed by atoms with Gasteiger partial charge in [0, 0.05) is 19.8 Å². The Bertz CT molecular complexity index is 3030. The van der Waals surface area contributed by atoms with Crippen molar-refractivity contribution >= 4 is 100 Å². The smallest absolute Gasteiger partial charge is 0.244 e. The van der Waals surface area contributed by atoms with E-state index in [0.29, 0.717) is 51.4 Å². The molecule has 0 saturated heterocycles. The zero-order chi connectivity index (χ0) is 79.5. The summed E-state index contributed by atoms with van der Waals surface area (Å²) >= 11 is 0. The van der Waals surface area contributed by atoms with Crippen LogP contribution in [0, 0.1) is 24.7 Å². The predicted octanol–water partition coefficient (Wildman–Crippen LogP) is -7.99. The van der Waals surface area contributed by atoms with E-state index in [9.17, 15) is 81.5 Å². The average molecular weight is 1470 g/mol. The molecule has 38 heteroatoms. The molecule has 0 fully saturated rings. The van der Waals surface area contributed by atoms with Gasteiger partial charge in [0.2, 0.25) is 100 Å². The molecule has 0 heterocycles. The minimum absolute atomic E-state index is 0.0221. The lowest BCUT2D eigenvalue weighted by Gasteiger charge is -2.26. The van der Waals surface area contributed by atoms with Gasteiger partial charge in [-0.15, -0.1) is 24.7 Å². The van der Waals surface area contributed by atoms with E-state index in [4.69, 9.17) is 41.5 Å². The lowest BCUT2D eigenvalue weighted by Crippen LogP contribution is -2.59. The van der Waals surface area contributed by atoms with Crippen molar-refractivity contribution in [3.8, 4) is 24.7 Å². The number of carbonyl (C=O) groups excluding carboxylic acids is 17. The molecule has 0 spiro atoms. The predicted molar refractivity (Wildman–Crippen MR) is 381 cm³/mol. The quantitative estimate of drug-likeness (QED) is 0.0199. The third-order valence-electron chi connectivity index (χ3n) is 15.8. The summed E-state index contributed by atoms with van der Waals surface area (Å²) in [6.45, 7) is 15.3. The third kappa shape index (κ3) is 36.7. The van der Waals surface area contributed by atoms with E-state index in [1.165, 1.54) is 76.2 Å². The molecular weight excluding hydrogens is 1360 g/mol. The van der Waals surface area contributed by atoms with Gasteiger partial charge in [-0.1, -0.05) is 0 Å². The van der Waals surface area contributed by atoms with E-state index in [-0.39, 0.29) is 64.7 Å². The first-order valence-corrected chi connectivity index (χ1v) is 34.6. The van der Waals surface area contributed by atoms with Gasteiger partial charge in [-0.3, -0.25) is 81.5 Å². The van der Waals surface area contributed by atoms with Gasteiger partial charge in [-0.25, -0.2) is 0 Å². The van der Waals surface area contributed by atoms with Gasteiger partial charge in [-0.05, 0) is 172 Å². The molecule has 0 rings (SSSR count). The van der Waals surface area contributed by atoms with Gasteiger partial charge < -0.3 is 114 Å². The summed E-state index contributed by atoms with van der Waals surface area (Å²) in [4.78, 5) is 224. The number of carbonyl (C=O) groups is 17. The molecule has 2 unspecified atom stereocenters. The van der Waals surface area contributed by atoms with Crippen LogP contribution in [-0.4, -0.2) is 223 Å². The Kier molecular flexibility index (Phi) is 45.5. The third-order valence-corrected chi connectivity index (χ3v) is 15.8. The van der Waals surface area contributed by atoms with Crippen LogP contribution in [0.4, 0.5) is 0 Å². The van der Waals surface area contributed by atoms with Crippen LogP contribution in [0.3, 0.4) is 0 Å². The molecule has 584 valence electrons. The fourth-order valence-electron chi connectivity index (χ4n) is 9.36. The maximum Gasteiger partial charge on any atom is 0.244 e. The van der Waals surface area contributed by atoms with E-state index >= 15 is 0 Å². The highest BCUT2D eigenvalue weighted by Crippen LogP contribution is 2.09. The van der Waals surface area contributed by atoms with Crippen LogP contribution < -0.4 is 114 Å². The van der Waals surface area contributed by atoms with Crippen LogP contribution in [0.1, 0.15) is 166 Å². The van der Waals surface area contributed by atoms with Gasteiger partial charge in [-0.2, -0.15) is 0 Å². The number of nitrogens with one attached hydrogen (secondary N) is 16. The minimum atomic E-state index is -1.33. The molecular formula is C66H113N21O17. The number of rotatable bonds is 50. The van der Waals surface area contributed by atoms with Crippen molar-refractivity contribution in [3.63, 3.8) is 0 Å². The number of hydrogen-bond donors (Lipinski definition) is 21. The molecule has 0 aromatic heterocycles. The second-order valence-electron chi connectivity index (χ2n) is 25.2. The van der Waals surface area contributed by atoms with Crippen LogP contribution in [0.15, 0.2) is 0 Å². The molecule has 0 aliphatic carbocycles. The Labute approximate surface area is 607 Å². The van der Waals surface area contributed by atoms with Gasteiger partial charge in [0.05, 0.1) is 0 Å². The number of amides is 17. The summed E-state index contributed by atoms with van der Waals surface area (Å²) in [7, 11) is 0. The molecule has 0 radical (unpaired) electrons. The standard InChI is InChI=1S/C66H113N21O17/c1-14-24-45(51(71)89)83-57(95)42(11)81-66(104)50(29-19-23-33-70)86-59(97)40(9)75-53(91)35(4)72-54(92)36(5)77-63(101)47(26-16-20-30-67)85-60(98)41(10)76-56(94)38(7)79-64(102)48(27-17-21-31-68)84-58(96)39(8)74-52(90)34(3)73-55(93)37(6)78-65(103)49(28-18-22-32-69)87-61(99)43(12)80-62(100)46(25-15-2)82-44(13)88/h1-2,34-43,45-50H,16-33,67-70H2,3-13H3,(H2,71,89)(H,72,92)(H,73,93)(H,74,90)(H,75,91)(H,76,94)(H,77,101)(H,78,103)(H,79,102)(H,80,100)(H,81,104)(H,82,88)(H,83,95)(H,84,96)(H,85,98)(H,86,97)(H,87,99)/t34-,35-,36-,37-,38-,39-,40-,41-,42-,43-,45?,46?,47-,48-,49-,50-/m0/s1. The first-order chi connectivity index (χ1) is 48.8. The summed E-state index contributed by atoms with van der Waals surface area (Å²) in [5, 5.41) is 39.6. The summed E-state index contributed by atoms with van der Waals surface area (Å²) in [6.07, 6.45) is 13.7. The second kappa shape index (κ2) is 50.3. The molecule has 26 N–H and O–H groups in total. The number of unbranched alkanes of at least 4 members (excludes halogenated alkanes) is 4. The zero-order valence-electron chi connectivity index (χ0n) is 61.4. The molecule has 0 aromatic rings. The molecule has 0 aliphatic rings. The van der Waals surface area contributed by atoms with E-state index < -0.39 is 197 Å². The van der Waals surface area contributed by atoms with E-state index in [1.54, 1.807) is 0 Å². The van der Waals surface area contributed by atoms with Crippen LogP contribution in [0.2, 0.25) is 0 Å². The Morgan fingerprint density at radius 3 is 0.587 bits per heavy atom. The fourth-order valence-corrected chi connectivity index (χ4v) is 9.36. The highest BCUT2D eigenvalue weighted by atomic mass is 16.2. The summed E-state index contributed by atoms with van der Waals surface area (Å²) < 4.78 is 0. The summed E-state index contributed by atoms with van der Waals surface area (Å²) in [5.74, 6) is -9.17. The molecule has 0 saturated carbocycles. The molecule has 38 nitrogen and oxygen atoms in total. The van der Waals surface area contributed by atoms with Crippen molar-refractivity contribution in [1.29, 1.82) is 0 Å². The van der Waals surface area contributed by atoms with Crippen LogP contribution in [0.25, 0.3) is 0 Å². The molecule has 0 bridgehead atoms. The van der Waals surface area contributed by atoms with Crippen molar-refractivity contribution in [2.75, 3.05) is 26.2 Å². The highest BCUT2D eigenvalue weighted by molar-refractivity contribution is 6.00. The number of nitrogens with two attached hydrogens (primary N) is 5. The molecule has 0 aliphatic heterocycles. The second-order valence-corrected chi connectivity index (χ2v) is 25.2. The Balaban J connectivity index is 5.83. The number of terminal acetylenes is 2. The largest absolute Gasteiger partial charge is 0.368 e. The lowest BCUT2D eigenvalue weighted by atomic mass is 10.1. The number of primary amides is 1. The lowest BCUT2D eigenvalue weighted by molar-refractivity contribution is -0.136. The molecule has 104 heavy (non-hydrogen) atoms. The van der Waals surface area contributed by atoms with Gasteiger partial charge >= 0.3 is 0 Å². The normalized spacial score (nSPS) is 15.4. The van der Waals surface area contributed by atoms with Gasteiger partial charge in [0.1, 0.15) is 96.7 Å². The van der Waals surface area contributed by atoms with Crippen molar-refractivity contribution in [1.82, 2.24) is 85.1 Å². The first-order valence-electron chi connectivity index (χ1n) is 34.6. The van der Waals surface area contributed by atoms with Gasteiger partial charge in [0.15, 0.2) is 0 Å². The van der Waals surface area contributed by atoms with Crippen molar-refractivity contribution in [2.24, 2.45) is 28.7 Å². The number of hydrogen-bond acceptors (Lipinski definition) is 21. The van der Waals surface area contributed by atoms with Crippen LogP contribution >= 0.6 is 0 Å². The van der Waals surface area contributed by atoms with Gasteiger partial charge in [0.25, 0.3) is 0 Å². The topological polar surface area (TPSA) is 613 Å². The van der Waals surface area contributed by atoms with E-state index in [0.717, 1.165) is 0 Å². The average Bonchev–Trinajstić information content (AvgIpc) is 0.881. The minimum Gasteiger partial charge on any atom is -0.368 e. The van der Waals surface area contributed by atoms with Crippen LogP contribution in [0.5, 0.6) is 0 Å². The molecule has 16 atom stereocenters. The maximum absolute atomic E-state index is 13.7. The summed E-state index contributed by atoms with van der Waals surface area (Å²) in [6, 6.07) is -20.2. The first kappa shape index (κ1) is 93.9. The Morgan fingerprint density at radius 1 is 0.250 bits per heavy atom. The Morgan fingerprint density at radius 2 is 0.413 bits per heavy atom. The van der Waals surface area contributed by atoms with Crippen molar-refractivity contribution in [3.05, 3.63) is 0 Å². The van der Waals surface area contributed by atoms with E-state index in [2.05, 4.69) is 96.9 Å². The highest BCUT2D eigenvalue weighted by Gasteiger charge is 2.35. The van der Waals surface area contributed by atoms with Crippen LogP contribution in [-0.2, 0) is 81.5 Å². The molecule has 0 aromatic carbocycles. The van der Waals surface area contributed by atoms with Crippen molar-refractivity contribution in [2.45, 2.75) is 263 Å². The zero-order valence-corrected chi connectivity index (χ0v) is 61.4. The van der Waals surface area contributed by atoms with Crippen molar-refractivity contribution < 1.29 is 81.5 Å². The molecule has 17 amide bonds. The fraction of sp³-hybridized carbons (Fsp3) is 0.682. The van der Waals surface area contributed by atoms with E-state index in [1.807, 2.05) is 0 Å². The Hall–Kier alpha value is -10.1. The summed E-state index contributed by atoms with van der Waals surface area (Å²) in [5.41, 5.74) is 27.9.